The smallest absolute Gasteiger partial charge is 0.252 e. The average Bonchev–Trinajstić information content (AvgIpc) is 3.12. The number of nitrogens with zero attached hydrogens (tertiary/aromatic N) is 2. The van der Waals surface area contributed by atoms with E-state index in [2.05, 4.69) is 4.98 Å². The molecule has 0 unspecified atom stereocenters. The monoisotopic (exact) mass is 294 g/mol. The summed E-state index contributed by atoms with van der Waals surface area (Å²) < 4.78 is 26.8. The molecule has 6 heteroatoms. The van der Waals surface area contributed by atoms with Crippen molar-refractivity contribution in [1.29, 1.82) is 0 Å². The maximum atomic E-state index is 12.4. The molecule has 0 saturated carbocycles. The first-order chi connectivity index (χ1) is 9.18. The summed E-state index contributed by atoms with van der Waals surface area (Å²) in [5, 5.41) is 0. The Morgan fingerprint density at radius 1 is 1.11 bits per heavy atom. The molecule has 1 aliphatic rings. The van der Waals surface area contributed by atoms with Crippen molar-refractivity contribution in [2.24, 2.45) is 0 Å². The highest BCUT2D eigenvalue weighted by Gasteiger charge is 2.28. The maximum Gasteiger partial charge on any atom is 0.252 e. The third-order valence-corrected chi connectivity index (χ3v) is 6.63. The van der Waals surface area contributed by atoms with Crippen LogP contribution in [0.5, 0.6) is 0 Å². The van der Waals surface area contributed by atoms with E-state index in [1.54, 1.807) is 16.6 Å². The van der Waals surface area contributed by atoms with Gasteiger partial charge in [-0.2, -0.15) is 4.31 Å². The molecule has 3 rings (SSSR count). The van der Waals surface area contributed by atoms with Gasteiger partial charge in [0.2, 0.25) is 0 Å². The second-order valence-corrected chi connectivity index (χ2v) is 7.69. The zero-order valence-corrected chi connectivity index (χ0v) is 12.0. The fourth-order valence-corrected chi connectivity index (χ4v) is 5.12. The first-order valence-corrected chi connectivity index (χ1v) is 8.45. The summed E-state index contributed by atoms with van der Waals surface area (Å²) in [7, 11) is -3.30. The van der Waals surface area contributed by atoms with Crippen molar-refractivity contribution in [1.82, 2.24) is 9.29 Å². The highest BCUT2D eigenvalue weighted by Crippen LogP contribution is 2.32. The lowest BCUT2D eigenvalue weighted by atomic mass is 10.3. The zero-order chi connectivity index (χ0) is 13.3. The predicted octanol–water partition coefficient (Wildman–Crippen LogP) is 2.59. The minimum Gasteiger partial charge on any atom is -0.255 e. The lowest BCUT2D eigenvalue weighted by Gasteiger charge is -2.13. The highest BCUT2D eigenvalue weighted by atomic mass is 32.2. The Kier molecular flexibility index (Phi) is 3.38. The fourth-order valence-electron chi connectivity index (χ4n) is 2.16. The lowest BCUT2D eigenvalue weighted by Crippen LogP contribution is -2.27. The number of aromatic nitrogens is 1. The van der Waals surface area contributed by atoms with Crippen molar-refractivity contribution >= 4 is 21.4 Å². The minimum atomic E-state index is -3.30. The summed E-state index contributed by atoms with van der Waals surface area (Å²) >= 11 is 1.29. The molecule has 0 aromatic carbocycles. The van der Waals surface area contributed by atoms with Crippen LogP contribution in [0.1, 0.15) is 12.8 Å². The van der Waals surface area contributed by atoms with Gasteiger partial charge < -0.3 is 0 Å². The van der Waals surface area contributed by atoms with Crippen LogP contribution < -0.4 is 0 Å². The van der Waals surface area contributed by atoms with Crippen LogP contribution in [0.4, 0.5) is 0 Å². The Labute approximate surface area is 116 Å². The Bertz CT molecular complexity index is 659. The molecule has 1 aliphatic heterocycles. The van der Waals surface area contributed by atoms with Crippen molar-refractivity contribution in [2.75, 3.05) is 13.1 Å². The summed E-state index contributed by atoms with van der Waals surface area (Å²) in [4.78, 5) is 5.13. The summed E-state index contributed by atoms with van der Waals surface area (Å²) in [6.45, 7) is 1.28. The SMILES string of the molecule is O=S(=O)(c1ccc(-c2ccccn2)s1)N1CCCC1. The van der Waals surface area contributed by atoms with E-state index in [0.29, 0.717) is 17.3 Å². The molecule has 4 nitrogen and oxygen atoms in total. The van der Waals surface area contributed by atoms with Crippen molar-refractivity contribution in [2.45, 2.75) is 17.1 Å². The molecule has 2 aromatic rings. The molecule has 100 valence electrons. The van der Waals surface area contributed by atoms with E-state index < -0.39 is 10.0 Å². The van der Waals surface area contributed by atoms with Gasteiger partial charge in [0.1, 0.15) is 4.21 Å². The predicted molar refractivity (Wildman–Crippen MR) is 75.5 cm³/mol. The van der Waals surface area contributed by atoms with Gasteiger partial charge in [0.15, 0.2) is 0 Å². The normalized spacial score (nSPS) is 16.8. The number of sulfonamides is 1. The van der Waals surface area contributed by atoms with E-state index in [1.165, 1.54) is 11.3 Å². The molecule has 2 aromatic heterocycles. The van der Waals surface area contributed by atoms with Crippen LogP contribution in [-0.2, 0) is 10.0 Å². The molecule has 0 spiro atoms. The second kappa shape index (κ2) is 5.03. The lowest BCUT2D eigenvalue weighted by molar-refractivity contribution is 0.479. The van der Waals surface area contributed by atoms with Crippen LogP contribution in [0.15, 0.2) is 40.7 Å². The average molecular weight is 294 g/mol. The van der Waals surface area contributed by atoms with Crippen molar-refractivity contribution in [3.8, 4) is 10.6 Å². The molecule has 3 heterocycles. The molecule has 1 fully saturated rings. The van der Waals surface area contributed by atoms with Crippen molar-refractivity contribution in [3.05, 3.63) is 36.5 Å². The van der Waals surface area contributed by atoms with Crippen LogP contribution in [0.25, 0.3) is 10.6 Å². The summed E-state index contributed by atoms with van der Waals surface area (Å²) in [6.07, 6.45) is 3.62. The van der Waals surface area contributed by atoms with Crippen LogP contribution in [0.3, 0.4) is 0 Å². The summed E-state index contributed by atoms with van der Waals surface area (Å²) in [5.74, 6) is 0. The molecule has 0 atom stereocenters. The number of rotatable bonds is 3. The van der Waals surface area contributed by atoms with E-state index >= 15 is 0 Å². The molecule has 0 radical (unpaired) electrons. The van der Waals surface area contributed by atoms with Crippen molar-refractivity contribution < 1.29 is 8.42 Å². The Balaban J connectivity index is 1.93. The van der Waals surface area contributed by atoms with E-state index in [0.717, 1.165) is 23.4 Å². The van der Waals surface area contributed by atoms with E-state index in [1.807, 2.05) is 24.3 Å². The minimum absolute atomic E-state index is 0.412. The van der Waals surface area contributed by atoms with Crippen LogP contribution >= 0.6 is 11.3 Å². The quantitative estimate of drug-likeness (QED) is 0.874. The summed E-state index contributed by atoms with van der Waals surface area (Å²) in [6, 6.07) is 9.14. The maximum absolute atomic E-state index is 12.4. The third-order valence-electron chi connectivity index (χ3n) is 3.16. The number of hydrogen-bond acceptors (Lipinski definition) is 4. The molecule has 0 aliphatic carbocycles. The van der Waals surface area contributed by atoms with Crippen LogP contribution in [0, 0.1) is 0 Å². The largest absolute Gasteiger partial charge is 0.255 e. The van der Waals surface area contributed by atoms with Crippen LogP contribution in [0.2, 0.25) is 0 Å². The van der Waals surface area contributed by atoms with E-state index in [4.69, 9.17) is 0 Å². The first-order valence-electron chi connectivity index (χ1n) is 6.19. The Morgan fingerprint density at radius 3 is 2.58 bits per heavy atom. The standard InChI is InChI=1S/C13H14N2O2S2/c16-19(17,15-9-3-4-10-15)13-7-6-12(18-13)11-5-1-2-8-14-11/h1-2,5-8H,3-4,9-10H2. The molecular weight excluding hydrogens is 280 g/mol. The van der Waals surface area contributed by atoms with Crippen LogP contribution in [-0.4, -0.2) is 30.8 Å². The van der Waals surface area contributed by atoms with Gasteiger partial charge in [0.05, 0.1) is 10.6 Å². The van der Waals surface area contributed by atoms with Gasteiger partial charge in [-0.05, 0) is 37.1 Å². The van der Waals surface area contributed by atoms with E-state index in [-0.39, 0.29) is 0 Å². The van der Waals surface area contributed by atoms with Gasteiger partial charge in [-0.25, -0.2) is 8.42 Å². The number of hydrogen-bond donors (Lipinski definition) is 0. The highest BCUT2D eigenvalue weighted by molar-refractivity contribution is 7.91. The van der Waals surface area contributed by atoms with Gasteiger partial charge in [-0.15, -0.1) is 11.3 Å². The van der Waals surface area contributed by atoms with Gasteiger partial charge >= 0.3 is 0 Å². The third kappa shape index (κ3) is 2.43. The van der Waals surface area contributed by atoms with Gasteiger partial charge in [0, 0.05) is 19.3 Å². The zero-order valence-electron chi connectivity index (χ0n) is 10.3. The number of thiophene rings is 1. The van der Waals surface area contributed by atoms with Crippen molar-refractivity contribution in [3.63, 3.8) is 0 Å². The molecule has 0 amide bonds. The molecule has 0 bridgehead atoms. The molecular formula is C13H14N2O2S2. The second-order valence-electron chi connectivity index (χ2n) is 4.44. The fraction of sp³-hybridized carbons (Fsp3) is 0.308. The van der Waals surface area contributed by atoms with Gasteiger partial charge in [-0.1, -0.05) is 6.07 Å². The molecule has 19 heavy (non-hydrogen) atoms. The molecule has 0 N–H and O–H groups in total. The Morgan fingerprint density at radius 2 is 1.89 bits per heavy atom. The van der Waals surface area contributed by atoms with Gasteiger partial charge in [-0.3, -0.25) is 4.98 Å². The van der Waals surface area contributed by atoms with Gasteiger partial charge in [0.25, 0.3) is 10.0 Å². The molecule has 1 saturated heterocycles. The summed E-state index contributed by atoms with van der Waals surface area (Å²) in [5.41, 5.74) is 0.815. The van der Waals surface area contributed by atoms with E-state index in [9.17, 15) is 8.42 Å². The first kappa shape index (κ1) is 12.8. The topological polar surface area (TPSA) is 50.3 Å². The number of pyridine rings is 1. The Hall–Kier alpha value is -1.24.